The molecule has 1 aromatic heterocycles. The van der Waals surface area contributed by atoms with Crippen molar-refractivity contribution in [1.82, 2.24) is 4.57 Å². The Morgan fingerprint density at radius 2 is 1.61 bits per heavy atom. The monoisotopic (exact) mass is 330 g/mol. The van der Waals surface area contributed by atoms with Gasteiger partial charge in [-0.15, -0.1) is 0 Å². The summed E-state index contributed by atoms with van der Waals surface area (Å²) in [6, 6.07) is 14.5. The van der Waals surface area contributed by atoms with E-state index in [0.717, 1.165) is 22.5 Å². The highest BCUT2D eigenvalue weighted by Crippen LogP contribution is 2.27. The lowest BCUT2D eigenvalue weighted by Gasteiger charge is -2.10. The van der Waals surface area contributed by atoms with E-state index in [2.05, 4.69) is 0 Å². The van der Waals surface area contributed by atoms with Gasteiger partial charge in [0, 0.05) is 11.9 Å². The molecular formula is C17H15FN2O2S. The molecule has 2 N–H and O–H groups in total. The first-order valence-electron chi connectivity index (χ1n) is 6.93. The molecule has 0 amide bonds. The second-order valence-electron chi connectivity index (χ2n) is 5.32. The SMILES string of the molecule is Cc1cc(-c2ccc(S(N)(=O)=O)cc2)n(-c2ccc(F)cc2)c1. The minimum absolute atomic E-state index is 0.0675. The van der Waals surface area contributed by atoms with Crippen LogP contribution >= 0.6 is 0 Å². The molecule has 4 nitrogen and oxygen atoms in total. The molecule has 6 heteroatoms. The zero-order valence-electron chi connectivity index (χ0n) is 12.4. The van der Waals surface area contributed by atoms with E-state index in [1.54, 1.807) is 24.3 Å². The summed E-state index contributed by atoms with van der Waals surface area (Å²) in [7, 11) is -3.71. The summed E-state index contributed by atoms with van der Waals surface area (Å²) in [5.41, 5.74) is 3.59. The van der Waals surface area contributed by atoms with Crippen molar-refractivity contribution in [3.05, 3.63) is 72.2 Å². The van der Waals surface area contributed by atoms with E-state index in [0.29, 0.717) is 0 Å². The molecule has 3 aromatic rings. The lowest BCUT2D eigenvalue weighted by Crippen LogP contribution is -2.11. The number of aromatic nitrogens is 1. The minimum atomic E-state index is -3.71. The van der Waals surface area contributed by atoms with Crippen LogP contribution in [-0.4, -0.2) is 13.0 Å². The zero-order chi connectivity index (χ0) is 16.6. The third-order valence-electron chi connectivity index (χ3n) is 3.54. The van der Waals surface area contributed by atoms with Gasteiger partial charge in [-0.05, 0) is 60.5 Å². The van der Waals surface area contributed by atoms with E-state index in [4.69, 9.17) is 5.14 Å². The van der Waals surface area contributed by atoms with Crippen molar-refractivity contribution in [2.75, 3.05) is 0 Å². The van der Waals surface area contributed by atoms with Crippen LogP contribution in [0.2, 0.25) is 0 Å². The quantitative estimate of drug-likeness (QED) is 0.801. The molecule has 3 rings (SSSR count). The van der Waals surface area contributed by atoms with Gasteiger partial charge in [0.05, 0.1) is 10.6 Å². The predicted octanol–water partition coefficient (Wildman–Crippen LogP) is 3.24. The van der Waals surface area contributed by atoms with Crippen molar-refractivity contribution in [2.24, 2.45) is 5.14 Å². The average Bonchev–Trinajstić information content (AvgIpc) is 2.89. The maximum Gasteiger partial charge on any atom is 0.238 e. The minimum Gasteiger partial charge on any atom is -0.316 e. The van der Waals surface area contributed by atoms with Gasteiger partial charge in [0.25, 0.3) is 0 Å². The predicted molar refractivity (Wildman–Crippen MR) is 87.3 cm³/mol. The van der Waals surface area contributed by atoms with Gasteiger partial charge in [-0.1, -0.05) is 12.1 Å². The van der Waals surface area contributed by atoms with Crippen molar-refractivity contribution in [2.45, 2.75) is 11.8 Å². The summed E-state index contributed by atoms with van der Waals surface area (Å²) in [5, 5.41) is 5.12. The maximum absolute atomic E-state index is 13.1. The Balaban J connectivity index is 2.09. The maximum atomic E-state index is 13.1. The van der Waals surface area contributed by atoms with Crippen LogP contribution in [0, 0.1) is 12.7 Å². The Morgan fingerprint density at radius 3 is 2.17 bits per heavy atom. The fourth-order valence-corrected chi connectivity index (χ4v) is 2.96. The highest BCUT2D eigenvalue weighted by Gasteiger charge is 2.11. The first-order chi connectivity index (χ1) is 10.8. The van der Waals surface area contributed by atoms with Crippen molar-refractivity contribution in [3.63, 3.8) is 0 Å². The van der Waals surface area contributed by atoms with Crippen LogP contribution in [0.1, 0.15) is 5.56 Å². The molecule has 118 valence electrons. The molecule has 0 aliphatic carbocycles. The van der Waals surface area contributed by atoms with Crippen LogP contribution in [0.15, 0.2) is 65.7 Å². The Bertz CT molecular complexity index is 943. The van der Waals surface area contributed by atoms with E-state index in [-0.39, 0.29) is 10.7 Å². The van der Waals surface area contributed by atoms with Crippen LogP contribution < -0.4 is 5.14 Å². The van der Waals surface area contributed by atoms with E-state index in [1.165, 1.54) is 24.3 Å². The number of rotatable bonds is 3. The molecule has 0 radical (unpaired) electrons. The average molecular weight is 330 g/mol. The first kappa shape index (κ1) is 15.5. The fraction of sp³-hybridized carbons (Fsp3) is 0.0588. The van der Waals surface area contributed by atoms with E-state index < -0.39 is 10.0 Å². The molecular weight excluding hydrogens is 315 g/mol. The van der Waals surface area contributed by atoms with Crippen molar-refractivity contribution < 1.29 is 12.8 Å². The third kappa shape index (κ3) is 3.18. The number of nitrogens with two attached hydrogens (primary N) is 1. The normalized spacial score (nSPS) is 11.6. The van der Waals surface area contributed by atoms with Gasteiger partial charge in [0.1, 0.15) is 5.82 Å². The van der Waals surface area contributed by atoms with Crippen molar-refractivity contribution in [1.29, 1.82) is 0 Å². The van der Waals surface area contributed by atoms with Gasteiger partial charge in [-0.3, -0.25) is 0 Å². The molecule has 0 unspecified atom stereocenters. The van der Waals surface area contributed by atoms with E-state index >= 15 is 0 Å². The molecule has 0 aliphatic rings. The smallest absolute Gasteiger partial charge is 0.238 e. The van der Waals surface area contributed by atoms with Gasteiger partial charge in [-0.25, -0.2) is 17.9 Å². The molecule has 1 heterocycles. The highest BCUT2D eigenvalue weighted by molar-refractivity contribution is 7.89. The molecule has 2 aromatic carbocycles. The van der Waals surface area contributed by atoms with Crippen molar-refractivity contribution >= 4 is 10.0 Å². The lowest BCUT2D eigenvalue weighted by molar-refractivity contribution is 0.598. The Morgan fingerprint density at radius 1 is 1.00 bits per heavy atom. The molecule has 0 atom stereocenters. The van der Waals surface area contributed by atoms with Crippen LogP contribution in [0.4, 0.5) is 4.39 Å². The van der Waals surface area contributed by atoms with Gasteiger partial charge < -0.3 is 4.57 Å². The highest BCUT2D eigenvalue weighted by atomic mass is 32.2. The number of halogens is 1. The molecule has 23 heavy (non-hydrogen) atoms. The topological polar surface area (TPSA) is 65.1 Å². The number of aryl methyl sites for hydroxylation is 1. The number of sulfonamides is 1. The van der Waals surface area contributed by atoms with Gasteiger partial charge >= 0.3 is 0 Å². The molecule has 0 bridgehead atoms. The van der Waals surface area contributed by atoms with Crippen LogP contribution in [0.5, 0.6) is 0 Å². The van der Waals surface area contributed by atoms with Gasteiger partial charge in [0.2, 0.25) is 10.0 Å². The number of hydrogen-bond acceptors (Lipinski definition) is 2. The number of benzene rings is 2. The number of hydrogen-bond donors (Lipinski definition) is 1. The Kier molecular flexibility index (Phi) is 3.79. The van der Waals surface area contributed by atoms with Crippen LogP contribution in [-0.2, 0) is 10.0 Å². The standard InChI is InChI=1S/C17H15FN2O2S/c1-12-10-17(13-2-8-16(9-3-13)23(19,21)22)20(11-12)15-6-4-14(18)5-7-15/h2-11H,1H3,(H2,19,21,22). The second kappa shape index (κ2) is 5.64. The molecule has 0 fully saturated rings. The Labute approximate surface area is 134 Å². The zero-order valence-corrected chi connectivity index (χ0v) is 13.2. The Hall–Kier alpha value is -2.44. The summed E-state index contributed by atoms with van der Waals surface area (Å²) in [6.45, 7) is 1.96. The van der Waals surface area contributed by atoms with E-state index in [1.807, 2.05) is 23.8 Å². The first-order valence-corrected chi connectivity index (χ1v) is 8.47. The molecule has 0 aliphatic heterocycles. The van der Waals surface area contributed by atoms with Crippen LogP contribution in [0.3, 0.4) is 0 Å². The summed E-state index contributed by atoms with van der Waals surface area (Å²) in [4.78, 5) is 0.0675. The second-order valence-corrected chi connectivity index (χ2v) is 6.88. The number of primary sulfonamides is 1. The van der Waals surface area contributed by atoms with Crippen LogP contribution in [0.25, 0.3) is 16.9 Å². The summed E-state index contributed by atoms with van der Waals surface area (Å²) < 4.78 is 37.7. The molecule has 0 saturated heterocycles. The summed E-state index contributed by atoms with van der Waals surface area (Å²) >= 11 is 0. The van der Waals surface area contributed by atoms with E-state index in [9.17, 15) is 12.8 Å². The van der Waals surface area contributed by atoms with Gasteiger partial charge in [-0.2, -0.15) is 0 Å². The lowest BCUT2D eigenvalue weighted by atomic mass is 10.1. The summed E-state index contributed by atoms with van der Waals surface area (Å²) in [6.07, 6.45) is 1.94. The summed E-state index contributed by atoms with van der Waals surface area (Å²) in [5.74, 6) is -0.295. The fourth-order valence-electron chi connectivity index (χ4n) is 2.45. The third-order valence-corrected chi connectivity index (χ3v) is 4.47. The number of nitrogens with zero attached hydrogens (tertiary/aromatic N) is 1. The van der Waals surface area contributed by atoms with Crippen molar-refractivity contribution in [3.8, 4) is 16.9 Å². The molecule has 0 spiro atoms. The largest absolute Gasteiger partial charge is 0.316 e. The van der Waals surface area contributed by atoms with Gasteiger partial charge in [0.15, 0.2) is 0 Å². The molecule has 0 saturated carbocycles.